The Morgan fingerprint density at radius 3 is 2.80 bits per heavy atom. The smallest absolute Gasteiger partial charge is 0.337 e. The summed E-state index contributed by atoms with van der Waals surface area (Å²) in [6, 6.07) is 12.2. The van der Waals surface area contributed by atoms with Crippen molar-refractivity contribution < 1.29 is 19.7 Å². The molecule has 132 valence electrons. The quantitative estimate of drug-likeness (QED) is 0.594. The zero-order valence-electron chi connectivity index (χ0n) is 13.6. The normalized spacial score (nSPS) is 11.6. The fraction of sp³-hybridized carbons (Fsp3) is 0.211. The molecule has 3 N–H and O–H groups in total. The van der Waals surface area contributed by atoms with Crippen molar-refractivity contribution in [3.8, 4) is 5.75 Å². The first-order valence-corrected chi connectivity index (χ1v) is 8.15. The second-order valence-corrected chi connectivity index (χ2v) is 5.85. The summed E-state index contributed by atoms with van der Waals surface area (Å²) in [6.07, 6.45) is 1.72. The van der Waals surface area contributed by atoms with E-state index >= 15 is 0 Å². The van der Waals surface area contributed by atoms with Crippen LogP contribution in [-0.2, 0) is 6.42 Å². The van der Waals surface area contributed by atoms with Gasteiger partial charge in [0, 0.05) is 12.2 Å². The van der Waals surface area contributed by atoms with Crippen LogP contribution in [0.5, 0.6) is 5.75 Å². The van der Waals surface area contributed by atoms with E-state index in [-0.39, 0.29) is 23.7 Å². The lowest BCUT2D eigenvalue weighted by atomic mass is 10.1. The average Bonchev–Trinajstić information content (AvgIpc) is 2.60. The molecule has 0 aliphatic carbocycles. The number of aromatic carboxylic acids is 1. The molecule has 0 spiro atoms. The van der Waals surface area contributed by atoms with Crippen molar-refractivity contribution >= 4 is 23.3 Å². The highest BCUT2D eigenvalue weighted by molar-refractivity contribution is 6.33. The number of aliphatic hydroxyl groups excluding tert-OH is 1. The summed E-state index contributed by atoms with van der Waals surface area (Å²) in [4.78, 5) is 11.1. The summed E-state index contributed by atoms with van der Waals surface area (Å²) in [7, 11) is 0. The summed E-state index contributed by atoms with van der Waals surface area (Å²) in [5.74, 6) is -0.391. The predicted molar refractivity (Wildman–Crippen MR) is 98.7 cm³/mol. The van der Waals surface area contributed by atoms with Gasteiger partial charge in [0.25, 0.3) is 0 Å². The number of benzene rings is 2. The molecule has 0 aliphatic rings. The molecule has 0 radical (unpaired) electrons. The number of allylic oxidation sites excluding steroid dienone is 1. The Morgan fingerprint density at radius 2 is 2.08 bits per heavy atom. The number of halogens is 1. The number of carbonyl (C=O) groups is 1. The fourth-order valence-corrected chi connectivity index (χ4v) is 2.45. The number of hydrogen-bond donors (Lipinski definition) is 3. The Hall–Kier alpha value is -2.50. The summed E-state index contributed by atoms with van der Waals surface area (Å²) in [5, 5.41) is 22.3. The number of para-hydroxylation sites is 1. The number of ether oxygens (including phenoxy) is 1. The van der Waals surface area contributed by atoms with Crippen LogP contribution < -0.4 is 10.1 Å². The van der Waals surface area contributed by atoms with Crippen molar-refractivity contribution in [3.05, 3.63) is 71.3 Å². The Labute approximate surface area is 151 Å². The van der Waals surface area contributed by atoms with Gasteiger partial charge in [0.15, 0.2) is 0 Å². The van der Waals surface area contributed by atoms with Gasteiger partial charge in [0.1, 0.15) is 18.5 Å². The Kier molecular flexibility index (Phi) is 6.86. The Morgan fingerprint density at radius 1 is 1.32 bits per heavy atom. The molecule has 0 amide bonds. The van der Waals surface area contributed by atoms with Gasteiger partial charge in [-0.15, -0.1) is 6.58 Å². The molecule has 25 heavy (non-hydrogen) atoms. The minimum atomic E-state index is -1.10. The largest absolute Gasteiger partial charge is 0.491 e. The Bertz CT molecular complexity index is 748. The van der Waals surface area contributed by atoms with Gasteiger partial charge in [0.05, 0.1) is 10.6 Å². The first-order valence-electron chi connectivity index (χ1n) is 7.77. The lowest BCUT2D eigenvalue weighted by molar-refractivity contribution is 0.0697. The second kappa shape index (κ2) is 9.11. The van der Waals surface area contributed by atoms with Crippen LogP contribution in [0.2, 0.25) is 5.02 Å². The van der Waals surface area contributed by atoms with E-state index in [2.05, 4.69) is 11.9 Å². The van der Waals surface area contributed by atoms with Crippen LogP contribution in [0.1, 0.15) is 15.9 Å². The van der Waals surface area contributed by atoms with Crippen LogP contribution in [0.25, 0.3) is 0 Å². The topological polar surface area (TPSA) is 78.8 Å². The van der Waals surface area contributed by atoms with Crippen LogP contribution in [0.15, 0.2) is 55.1 Å². The fourth-order valence-electron chi connectivity index (χ4n) is 2.25. The van der Waals surface area contributed by atoms with Gasteiger partial charge in [-0.05, 0) is 36.2 Å². The molecule has 2 rings (SSSR count). The highest BCUT2D eigenvalue weighted by Crippen LogP contribution is 2.21. The predicted octanol–water partition coefficient (Wildman–Crippen LogP) is 3.62. The number of carboxylic acid groups (broad SMARTS) is 1. The van der Waals surface area contributed by atoms with Gasteiger partial charge in [0.2, 0.25) is 0 Å². The second-order valence-electron chi connectivity index (χ2n) is 5.45. The molecule has 5 nitrogen and oxygen atoms in total. The zero-order valence-corrected chi connectivity index (χ0v) is 14.4. The van der Waals surface area contributed by atoms with Gasteiger partial charge in [-0.2, -0.15) is 0 Å². The van der Waals surface area contributed by atoms with E-state index in [1.807, 2.05) is 24.3 Å². The maximum atomic E-state index is 11.1. The molecule has 0 heterocycles. The lowest BCUT2D eigenvalue weighted by Gasteiger charge is -2.16. The minimum Gasteiger partial charge on any atom is -0.491 e. The van der Waals surface area contributed by atoms with E-state index in [0.29, 0.717) is 17.9 Å². The molecule has 1 unspecified atom stereocenters. The molecule has 0 saturated heterocycles. The van der Waals surface area contributed by atoms with Gasteiger partial charge in [-0.25, -0.2) is 4.79 Å². The number of hydrogen-bond acceptors (Lipinski definition) is 4. The number of rotatable bonds is 9. The molecule has 6 heteroatoms. The molecule has 1 atom stereocenters. The molecular formula is C19H20ClNO4. The van der Waals surface area contributed by atoms with Crippen molar-refractivity contribution in [1.29, 1.82) is 0 Å². The molecular weight excluding hydrogens is 342 g/mol. The van der Waals surface area contributed by atoms with Crippen molar-refractivity contribution in [1.82, 2.24) is 0 Å². The van der Waals surface area contributed by atoms with Crippen molar-refractivity contribution in [2.45, 2.75) is 12.5 Å². The third kappa shape index (κ3) is 5.52. The van der Waals surface area contributed by atoms with E-state index in [9.17, 15) is 9.90 Å². The van der Waals surface area contributed by atoms with Crippen LogP contribution in [0, 0.1) is 0 Å². The van der Waals surface area contributed by atoms with Crippen LogP contribution in [0.3, 0.4) is 0 Å². The van der Waals surface area contributed by atoms with E-state index < -0.39 is 12.1 Å². The minimum absolute atomic E-state index is 0.00996. The summed E-state index contributed by atoms with van der Waals surface area (Å²) < 4.78 is 5.67. The molecule has 0 aromatic heterocycles. The van der Waals surface area contributed by atoms with Crippen molar-refractivity contribution in [2.75, 3.05) is 18.5 Å². The first kappa shape index (κ1) is 18.8. The van der Waals surface area contributed by atoms with Crippen molar-refractivity contribution in [3.63, 3.8) is 0 Å². The highest BCUT2D eigenvalue weighted by Gasteiger charge is 2.11. The monoisotopic (exact) mass is 361 g/mol. The van der Waals surface area contributed by atoms with E-state index in [1.54, 1.807) is 12.1 Å². The van der Waals surface area contributed by atoms with Gasteiger partial charge < -0.3 is 20.3 Å². The number of aliphatic hydroxyl groups is 1. The van der Waals surface area contributed by atoms with Gasteiger partial charge >= 0.3 is 5.97 Å². The summed E-state index contributed by atoms with van der Waals surface area (Å²) >= 11 is 5.83. The van der Waals surface area contributed by atoms with Gasteiger partial charge in [-0.1, -0.05) is 35.9 Å². The van der Waals surface area contributed by atoms with Crippen molar-refractivity contribution in [2.24, 2.45) is 0 Å². The zero-order chi connectivity index (χ0) is 18.2. The third-order valence-corrected chi connectivity index (χ3v) is 3.84. The molecule has 2 aromatic carbocycles. The summed E-state index contributed by atoms with van der Waals surface area (Å²) in [6.45, 7) is 4.04. The highest BCUT2D eigenvalue weighted by atomic mass is 35.5. The van der Waals surface area contributed by atoms with E-state index in [4.69, 9.17) is 21.4 Å². The molecule has 0 aliphatic heterocycles. The van der Waals surface area contributed by atoms with Crippen LogP contribution >= 0.6 is 11.6 Å². The molecule has 2 aromatic rings. The van der Waals surface area contributed by atoms with Gasteiger partial charge in [-0.3, -0.25) is 0 Å². The van der Waals surface area contributed by atoms with E-state index in [0.717, 1.165) is 5.56 Å². The molecule has 0 saturated carbocycles. The third-order valence-electron chi connectivity index (χ3n) is 3.51. The van der Waals surface area contributed by atoms with Crippen LogP contribution in [-0.4, -0.2) is 35.4 Å². The summed E-state index contributed by atoms with van der Waals surface area (Å²) in [5.41, 5.74) is 1.57. The maximum absolute atomic E-state index is 11.1. The van der Waals surface area contributed by atoms with E-state index in [1.165, 1.54) is 12.1 Å². The first-order chi connectivity index (χ1) is 12.0. The average molecular weight is 362 g/mol. The SMILES string of the molecule is C=CCc1ccccc1OCC(O)CNc1ccc(Cl)c(C(=O)O)c1. The number of nitrogens with one attached hydrogen (secondary N) is 1. The number of carboxylic acids is 1. The Balaban J connectivity index is 1.89. The van der Waals surface area contributed by atoms with Crippen LogP contribution in [0.4, 0.5) is 5.69 Å². The molecule has 0 fully saturated rings. The molecule has 0 bridgehead atoms. The standard InChI is InChI=1S/C19H20ClNO4/c1-2-5-13-6-3-4-7-18(13)25-12-15(22)11-21-14-8-9-17(20)16(10-14)19(23)24/h2-4,6-10,15,21-22H,1,5,11-12H2,(H,23,24). The number of anilines is 1. The maximum Gasteiger partial charge on any atom is 0.337 e. The lowest BCUT2D eigenvalue weighted by Crippen LogP contribution is -2.26.